The molecule has 0 saturated heterocycles. The van der Waals surface area contributed by atoms with E-state index in [0.29, 0.717) is 6.07 Å². The van der Waals surface area contributed by atoms with Crippen molar-refractivity contribution in [1.29, 1.82) is 0 Å². The number of amides is 1. The molecule has 0 unspecified atom stereocenters. The van der Waals surface area contributed by atoms with E-state index in [9.17, 15) is 18.0 Å². The maximum atomic E-state index is 13.6. The van der Waals surface area contributed by atoms with Crippen molar-refractivity contribution in [3.63, 3.8) is 0 Å². The van der Waals surface area contributed by atoms with Crippen molar-refractivity contribution < 1.29 is 18.0 Å². The van der Waals surface area contributed by atoms with Crippen LogP contribution in [0.25, 0.3) is 10.9 Å². The first-order valence-electron chi connectivity index (χ1n) is 4.85. The summed E-state index contributed by atoms with van der Waals surface area (Å²) in [5.41, 5.74) is -0.0128. The van der Waals surface area contributed by atoms with Crippen molar-refractivity contribution >= 4 is 16.8 Å². The van der Waals surface area contributed by atoms with Crippen molar-refractivity contribution in [2.75, 3.05) is 7.05 Å². The number of aromatic amines is 1. The second kappa shape index (κ2) is 3.80. The van der Waals surface area contributed by atoms with Gasteiger partial charge in [-0.1, -0.05) is 0 Å². The molecule has 0 saturated carbocycles. The van der Waals surface area contributed by atoms with Gasteiger partial charge in [0.05, 0.1) is 16.5 Å². The van der Waals surface area contributed by atoms with Gasteiger partial charge >= 0.3 is 0 Å². The highest BCUT2D eigenvalue weighted by Gasteiger charge is 2.23. The third kappa shape index (κ3) is 1.56. The number of hydrogen-bond acceptors (Lipinski definition) is 1. The molecule has 0 fully saturated rings. The quantitative estimate of drug-likeness (QED) is 0.740. The monoisotopic (exact) mass is 242 g/mol. The van der Waals surface area contributed by atoms with Crippen molar-refractivity contribution in [2.24, 2.45) is 0 Å². The number of hydrogen-bond donors (Lipinski definition) is 2. The Hall–Kier alpha value is -1.98. The molecule has 1 aromatic carbocycles. The maximum absolute atomic E-state index is 13.6. The molecule has 1 amide bonds. The molecular weight excluding hydrogens is 233 g/mol. The summed E-state index contributed by atoms with van der Waals surface area (Å²) in [6, 6.07) is 0.446. The summed E-state index contributed by atoms with van der Waals surface area (Å²) in [4.78, 5) is 14.1. The zero-order valence-electron chi connectivity index (χ0n) is 9.12. The van der Waals surface area contributed by atoms with Gasteiger partial charge < -0.3 is 10.3 Å². The summed E-state index contributed by atoms with van der Waals surface area (Å²) in [5.74, 6) is -4.08. The summed E-state index contributed by atoms with van der Waals surface area (Å²) in [7, 11) is 1.36. The molecule has 2 aromatic rings. The van der Waals surface area contributed by atoms with Gasteiger partial charge in [-0.05, 0) is 6.92 Å². The van der Waals surface area contributed by atoms with E-state index in [2.05, 4.69) is 10.3 Å². The normalized spacial score (nSPS) is 10.9. The number of carbonyl (C=O) groups excluding carboxylic acids is 1. The Balaban J connectivity index is 2.94. The van der Waals surface area contributed by atoms with Crippen molar-refractivity contribution in [3.8, 4) is 0 Å². The fourth-order valence-electron chi connectivity index (χ4n) is 1.80. The lowest BCUT2D eigenvalue weighted by Crippen LogP contribution is -2.18. The van der Waals surface area contributed by atoms with Crippen LogP contribution in [0.15, 0.2) is 6.07 Å². The molecule has 6 heteroatoms. The number of nitrogens with one attached hydrogen (secondary N) is 2. The second-order valence-corrected chi connectivity index (χ2v) is 3.61. The van der Waals surface area contributed by atoms with Gasteiger partial charge in [0.25, 0.3) is 5.91 Å². The van der Waals surface area contributed by atoms with Crippen LogP contribution in [0.2, 0.25) is 0 Å². The number of carbonyl (C=O) groups is 1. The number of rotatable bonds is 1. The molecule has 1 aromatic heterocycles. The van der Waals surface area contributed by atoms with Gasteiger partial charge in [0.2, 0.25) is 0 Å². The molecule has 0 atom stereocenters. The molecule has 0 aliphatic rings. The van der Waals surface area contributed by atoms with Crippen LogP contribution in [0.4, 0.5) is 13.2 Å². The number of H-pyrrole nitrogens is 1. The molecule has 1 heterocycles. The third-order valence-electron chi connectivity index (χ3n) is 2.56. The summed E-state index contributed by atoms with van der Waals surface area (Å²) in [6.45, 7) is 1.49. The van der Waals surface area contributed by atoms with Crippen LogP contribution in [-0.4, -0.2) is 17.9 Å². The van der Waals surface area contributed by atoms with Crippen LogP contribution in [0.3, 0.4) is 0 Å². The molecule has 0 aliphatic heterocycles. The van der Waals surface area contributed by atoms with Crippen LogP contribution >= 0.6 is 0 Å². The molecule has 2 rings (SSSR count). The van der Waals surface area contributed by atoms with Crippen LogP contribution in [0.5, 0.6) is 0 Å². The smallest absolute Gasteiger partial charge is 0.253 e. The van der Waals surface area contributed by atoms with Crippen LogP contribution in [-0.2, 0) is 0 Å². The Kier molecular flexibility index (Phi) is 2.57. The van der Waals surface area contributed by atoms with Crippen molar-refractivity contribution in [3.05, 3.63) is 34.8 Å². The zero-order chi connectivity index (χ0) is 12.7. The number of fused-ring (bicyclic) bond motifs is 1. The Morgan fingerprint density at radius 1 is 1.29 bits per heavy atom. The highest BCUT2D eigenvalue weighted by atomic mass is 19.2. The van der Waals surface area contributed by atoms with Crippen molar-refractivity contribution in [2.45, 2.75) is 6.92 Å². The summed E-state index contributed by atoms with van der Waals surface area (Å²) in [5, 5.41) is 1.93. The molecule has 2 N–H and O–H groups in total. The van der Waals surface area contributed by atoms with E-state index >= 15 is 0 Å². The van der Waals surface area contributed by atoms with Crippen LogP contribution in [0, 0.1) is 24.4 Å². The van der Waals surface area contributed by atoms with E-state index in [-0.39, 0.29) is 22.2 Å². The highest BCUT2D eigenvalue weighted by Crippen LogP contribution is 2.28. The summed E-state index contributed by atoms with van der Waals surface area (Å²) in [6.07, 6.45) is 0. The zero-order valence-corrected chi connectivity index (χ0v) is 9.12. The maximum Gasteiger partial charge on any atom is 0.253 e. The van der Waals surface area contributed by atoms with Gasteiger partial charge in [0.1, 0.15) is 5.82 Å². The molecule has 17 heavy (non-hydrogen) atoms. The first-order valence-corrected chi connectivity index (χ1v) is 4.85. The predicted molar refractivity (Wildman–Crippen MR) is 56.3 cm³/mol. The fraction of sp³-hybridized carbons (Fsp3) is 0.182. The lowest BCUT2D eigenvalue weighted by Gasteiger charge is -2.01. The summed E-state index contributed by atoms with van der Waals surface area (Å²) >= 11 is 0. The SMILES string of the molecule is CNC(=O)c1c(C)[nH]c2c(F)cc(F)c(F)c12. The van der Waals surface area contributed by atoms with E-state index in [1.54, 1.807) is 0 Å². The number of benzene rings is 1. The van der Waals surface area contributed by atoms with E-state index in [4.69, 9.17) is 0 Å². The largest absolute Gasteiger partial charge is 0.355 e. The van der Waals surface area contributed by atoms with Crippen LogP contribution < -0.4 is 5.32 Å². The standard InChI is InChI=1S/C11H9F3N2O/c1-4-7(11(17)15-2)8-9(14)5(12)3-6(13)10(8)16-4/h3,16H,1-2H3,(H,15,17). The molecular formula is C11H9F3N2O. The van der Waals surface area contributed by atoms with E-state index < -0.39 is 23.4 Å². The Bertz CT molecular complexity index is 619. The molecule has 0 aliphatic carbocycles. The van der Waals surface area contributed by atoms with Crippen LogP contribution in [0.1, 0.15) is 16.1 Å². The highest BCUT2D eigenvalue weighted by molar-refractivity contribution is 6.08. The minimum absolute atomic E-state index is 0.0848. The van der Waals surface area contributed by atoms with Gasteiger partial charge in [0, 0.05) is 18.8 Å². The third-order valence-corrected chi connectivity index (χ3v) is 2.56. The number of aromatic nitrogens is 1. The molecule has 3 nitrogen and oxygen atoms in total. The molecule has 0 bridgehead atoms. The first-order chi connectivity index (χ1) is 7.97. The van der Waals surface area contributed by atoms with Crippen molar-refractivity contribution in [1.82, 2.24) is 10.3 Å². The van der Waals surface area contributed by atoms with Gasteiger partial charge in [-0.25, -0.2) is 13.2 Å². The molecule has 0 radical (unpaired) electrons. The molecule has 90 valence electrons. The van der Waals surface area contributed by atoms with Gasteiger partial charge in [-0.2, -0.15) is 0 Å². The van der Waals surface area contributed by atoms with E-state index in [1.807, 2.05) is 0 Å². The average molecular weight is 242 g/mol. The average Bonchev–Trinajstić information content (AvgIpc) is 2.63. The topological polar surface area (TPSA) is 44.9 Å². The van der Waals surface area contributed by atoms with Gasteiger partial charge in [-0.3, -0.25) is 4.79 Å². The van der Waals surface area contributed by atoms with E-state index in [1.165, 1.54) is 14.0 Å². The van der Waals surface area contributed by atoms with E-state index in [0.717, 1.165) is 0 Å². The lowest BCUT2D eigenvalue weighted by atomic mass is 10.1. The minimum atomic E-state index is -1.32. The number of halogens is 3. The van der Waals surface area contributed by atoms with Gasteiger partial charge in [0.15, 0.2) is 11.6 Å². The Labute approximate surface area is 94.6 Å². The number of aryl methyl sites for hydroxylation is 1. The van der Waals surface area contributed by atoms with Gasteiger partial charge in [-0.15, -0.1) is 0 Å². The first kappa shape index (κ1) is 11.5. The summed E-state index contributed by atoms with van der Waals surface area (Å²) < 4.78 is 40.1. The minimum Gasteiger partial charge on any atom is -0.355 e. The Morgan fingerprint density at radius 2 is 1.94 bits per heavy atom. The molecule has 0 spiro atoms. The second-order valence-electron chi connectivity index (χ2n) is 3.61. The lowest BCUT2D eigenvalue weighted by molar-refractivity contribution is 0.0964. The Morgan fingerprint density at radius 3 is 2.53 bits per heavy atom. The predicted octanol–water partition coefficient (Wildman–Crippen LogP) is 2.25. The fourth-order valence-corrected chi connectivity index (χ4v) is 1.80.